The molecule has 4 heteroatoms. The van der Waals surface area contributed by atoms with Crippen molar-refractivity contribution in [2.75, 3.05) is 26.7 Å². The molecule has 0 aromatic carbocycles. The summed E-state index contributed by atoms with van der Waals surface area (Å²) in [4.78, 5) is 3.95. The van der Waals surface area contributed by atoms with Crippen LogP contribution in [0.2, 0.25) is 0 Å². The number of hydrogen-bond donors (Lipinski definition) is 1. The summed E-state index contributed by atoms with van der Waals surface area (Å²) in [6, 6.07) is 4.94. The maximum atomic E-state index is 3.43. The van der Waals surface area contributed by atoms with Crippen molar-refractivity contribution in [3.8, 4) is 0 Å². The Balaban J connectivity index is 0.00000128. The predicted molar refractivity (Wildman–Crippen MR) is 73.6 cm³/mol. The number of nitrogens with zero attached hydrogens (tertiary/aromatic N) is 1. The fraction of sp³-hybridized carbons (Fsp3) is 0.667. The van der Waals surface area contributed by atoms with Crippen molar-refractivity contribution in [2.45, 2.75) is 19.4 Å². The number of nitrogens with one attached hydrogen (secondary N) is 1. The topological polar surface area (TPSA) is 15.3 Å². The van der Waals surface area contributed by atoms with Crippen molar-refractivity contribution in [1.29, 1.82) is 0 Å². The molecule has 0 aliphatic carbocycles. The average molecular weight is 261 g/mol. The van der Waals surface area contributed by atoms with Crippen LogP contribution in [-0.4, -0.2) is 31.6 Å². The van der Waals surface area contributed by atoms with Gasteiger partial charge in [0.1, 0.15) is 0 Å². The van der Waals surface area contributed by atoms with E-state index in [4.69, 9.17) is 0 Å². The second-order valence-electron chi connectivity index (χ2n) is 4.49. The van der Waals surface area contributed by atoms with Gasteiger partial charge in [0.15, 0.2) is 0 Å². The van der Waals surface area contributed by atoms with Gasteiger partial charge in [-0.2, -0.15) is 0 Å². The van der Waals surface area contributed by atoms with Crippen LogP contribution in [-0.2, 0) is 0 Å². The molecule has 2 heterocycles. The zero-order chi connectivity index (χ0) is 10.7. The Kier molecular flexibility index (Phi) is 5.76. The molecule has 2 unspecified atom stereocenters. The van der Waals surface area contributed by atoms with Crippen LogP contribution in [0.4, 0.5) is 0 Å². The molecule has 2 rings (SSSR count). The molecule has 0 bridgehead atoms. The van der Waals surface area contributed by atoms with Crippen molar-refractivity contribution >= 4 is 23.7 Å². The van der Waals surface area contributed by atoms with E-state index in [0.717, 1.165) is 5.92 Å². The van der Waals surface area contributed by atoms with Crippen LogP contribution in [0.15, 0.2) is 17.5 Å². The Bertz CT molecular complexity index is 283. The summed E-state index contributed by atoms with van der Waals surface area (Å²) >= 11 is 1.86. The molecule has 1 saturated heterocycles. The van der Waals surface area contributed by atoms with E-state index in [1.165, 1.54) is 30.9 Å². The maximum absolute atomic E-state index is 3.43. The smallest absolute Gasteiger partial charge is 0.0410 e. The summed E-state index contributed by atoms with van der Waals surface area (Å²) < 4.78 is 0. The highest BCUT2D eigenvalue weighted by molar-refractivity contribution is 7.10. The summed E-state index contributed by atoms with van der Waals surface area (Å²) in [5.74, 6) is 0.845. The Morgan fingerprint density at radius 1 is 1.62 bits per heavy atom. The van der Waals surface area contributed by atoms with Crippen molar-refractivity contribution < 1.29 is 0 Å². The lowest BCUT2D eigenvalue weighted by Gasteiger charge is -2.26. The van der Waals surface area contributed by atoms with Gasteiger partial charge < -0.3 is 5.32 Å². The van der Waals surface area contributed by atoms with Crippen LogP contribution in [0, 0.1) is 5.92 Å². The van der Waals surface area contributed by atoms with Crippen molar-refractivity contribution in [2.24, 2.45) is 5.92 Å². The number of halogens is 1. The first kappa shape index (κ1) is 14.0. The van der Waals surface area contributed by atoms with Crippen LogP contribution < -0.4 is 5.32 Å². The van der Waals surface area contributed by atoms with Gasteiger partial charge in [-0.1, -0.05) is 6.07 Å². The molecule has 0 amide bonds. The van der Waals surface area contributed by atoms with Crippen molar-refractivity contribution in [3.63, 3.8) is 0 Å². The Morgan fingerprint density at radius 2 is 2.44 bits per heavy atom. The highest BCUT2D eigenvalue weighted by Gasteiger charge is 2.19. The molecule has 16 heavy (non-hydrogen) atoms. The van der Waals surface area contributed by atoms with E-state index in [1.54, 1.807) is 0 Å². The largest absolute Gasteiger partial charge is 0.316 e. The van der Waals surface area contributed by atoms with E-state index in [1.807, 2.05) is 11.3 Å². The molecule has 1 aromatic rings. The molecule has 1 aromatic heterocycles. The fourth-order valence-corrected chi connectivity index (χ4v) is 3.03. The van der Waals surface area contributed by atoms with E-state index < -0.39 is 0 Å². The van der Waals surface area contributed by atoms with E-state index in [2.05, 4.69) is 41.7 Å². The summed E-state index contributed by atoms with van der Waals surface area (Å²) in [6.45, 7) is 5.91. The fourth-order valence-electron chi connectivity index (χ4n) is 2.18. The Hall–Kier alpha value is -0.0900. The zero-order valence-electron chi connectivity index (χ0n) is 9.98. The SMILES string of the molecule is CC(c1cccs1)N(C)CC1CCNC1.Cl. The lowest BCUT2D eigenvalue weighted by atomic mass is 10.1. The highest BCUT2D eigenvalue weighted by atomic mass is 35.5. The number of thiophene rings is 1. The highest BCUT2D eigenvalue weighted by Crippen LogP contribution is 2.24. The molecule has 1 aliphatic rings. The molecule has 92 valence electrons. The second kappa shape index (κ2) is 6.60. The summed E-state index contributed by atoms with van der Waals surface area (Å²) in [5.41, 5.74) is 0. The van der Waals surface area contributed by atoms with Gasteiger partial charge in [0.05, 0.1) is 0 Å². The maximum Gasteiger partial charge on any atom is 0.0410 e. The number of hydrogen-bond acceptors (Lipinski definition) is 3. The quantitative estimate of drug-likeness (QED) is 0.896. The van der Waals surface area contributed by atoms with Crippen LogP contribution in [0.1, 0.15) is 24.3 Å². The summed E-state index contributed by atoms with van der Waals surface area (Å²) in [6.07, 6.45) is 1.33. The van der Waals surface area contributed by atoms with Crippen LogP contribution in [0.25, 0.3) is 0 Å². The molecule has 0 saturated carbocycles. The predicted octanol–water partition coefficient (Wildman–Crippen LogP) is 2.77. The Labute approximate surface area is 108 Å². The zero-order valence-corrected chi connectivity index (χ0v) is 11.6. The van der Waals surface area contributed by atoms with Gasteiger partial charge in [-0.25, -0.2) is 0 Å². The van der Waals surface area contributed by atoms with Gasteiger partial charge >= 0.3 is 0 Å². The molecule has 1 fully saturated rings. The van der Waals surface area contributed by atoms with E-state index in [9.17, 15) is 0 Å². The van der Waals surface area contributed by atoms with Crippen LogP contribution in [0.5, 0.6) is 0 Å². The van der Waals surface area contributed by atoms with Gasteiger partial charge in [-0.15, -0.1) is 23.7 Å². The van der Waals surface area contributed by atoms with E-state index in [0.29, 0.717) is 6.04 Å². The first-order chi connectivity index (χ1) is 7.27. The third-order valence-corrected chi connectivity index (χ3v) is 4.37. The third-order valence-electron chi connectivity index (χ3n) is 3.32. The van der Waals surface area contributed by atoms with Gasteiger partial charge in [0.2, 0.25) is 0 Å². The second-order valence-corrected chi connectivity index (χ2v) is 5.47. The molecule has 2 atom stereocenters. The van der Waals surface area contributed by atoms with Crippen LogP contribution >= 0.6 is 23.7 Å². The van der Waals surface area contributed by atoms with Crippen LogP contribution in [0.3, 0.4) is 0 Å². The normalized spacial score (nSPS) is 22.1. The molecule has 1 aliphatic heterocycles. The van der Waals surface area contributed by atoms with Gasteiger partial charge in [0.25, 0.3) is 0 Å². The standard InChI is InChI=1S/C12H20N2S.ClH/c1-10(12-4-3-7-15-12)14(2)9-11-5-6-13-8-11;/h3-4,7,10-11,13H,5-6,8-9H2,1-2H3;1H. The lowest BCUT2D eigenvalue weighted by Crippen LogP contribution is -2.29. The molecule has 1 N–H and O–H groups in total. The van der Waals surface area contributed by atoms with E-state index >= 15 is 0 Å². The average Bonchev–Trinajstić information content (AvgIpc) is 2.88. The van der Waals surface area contributed by atoms with Crippen molar-refractivity contribution in [3.05, 3.63) is 22.4 Å². The minimum atomic E-state index is 0. The Morgan fingerprint density at radius 3 is 3.00 bits per heavy atom. The minimum absolute atomic E-state index is 0. The van der Waals surface area contributed by atoms with Crippen molar-refractivity contribution in [1.82, 2.24) is 10.2 Å². The first-order valence-corrected chi connectivity index (χ1v) is 6.59. The lowest BCUT2D eigenvalue weighted by molar-refractivity contribution is 0.229. The molecule has 0 spiro atoms. The minimum Gasteiger partial charge on any atom is -0.316 e. The molecule has 2 nitrogen and oxygen atoms in total. The number of rotatable bonds is 4. The van der Waals surface area contributed by atoms with E-state index in [-0.39, 0.29) is 12.4 Å². The first-order valence-electron chi connectivity index (χ1n) is 5.71. The molecule has 0 radical (unpaired) electrons. The van der Waals surface area contributed by atoms with Gasteiger partial charge in [0, 0.05) is 17.5 Å². The van der Waals surface area contributed by atoms with Gasteiger partial charge in [-0.3, -0.25) is 4.90 Å². The molecular weight excluding hydrogens is 240 g/mol. The third kappa shape index (κ3) is 3.45. The monoisotopic (exact) mass is 260 g/mol. The summed E-state index contributed by atoms with van der Waals surface area (Å²) in [7, 11) is 2.24. The summed E-state index contributed by atoms with van der Waals surface area (Å²) in [5, 5.41) is 5.59. The molecular formula is C12H21ClN2S. The van der Waals surface area contributed by atoms with Gasteiger partial charge in [-0.05, 0) is 50.8 Å².